The van der Waals surface area contributed by atoms with Crippen molar-refractivity contribution in [2.45, 2.75) is 24.9 Å². The van der Waals surface area contributed by atoms with Crippen LogP contribution in [0.3, 0.4) is 0 Å². The molecule has 0 saturated carbocycles. The number of aryl methyl sites for hydroxylation is 1. The van der Waals surface area contributed by atoms with Crippen LogP contribution in [0.5, 0.6) is 0 Å². The summed E-state index contributed by atoms with van der Waals surface area (Å²) in [6, 6.07) is 11.8. The van der Waals surface area contributed by atoms with Crippen molar-refractivity contribution in [1.29, 1.82) is 0 Å². The Morgan fingerprint density at radius 2 is 2.00 bits per heavy atom. The number of fused-ring (bicyclic) bond motifs is 1. The fourth-order valence-electron chi connectivity index (χ4n) is 3.51. The smallest absolute Gasteiger partial charge is 0.262 e. The Morgan fingerprint density at radius 3 is 2.78 bits per heavy atom. The number of benzene rings is 1. The summed E-state index contributed by atoms with van der Waals surface area (Å²) in [5, 5.41) is 2.46. The predicted molar refractivity (Wildman–Crippen MR) is 109 cm³/mol. The average Bonchev–Trinajstić information content (AvgIpc) is 3.29. The highest BCUT2D eigenvalue weighted by molar-refractivity contribution is 7.16. The van der Waals surface area contributed by atoms with Crippen LogP contribution < -0.4 is 11.3 Å². The Morgan fingerprint density at radius 1 is 1.22 bits per heavy atom. The van der Waals surface area contributed by atoms with Gasteiger partial charge in [0.2, 0.25) is 5.91 Å². The number of nitrogens with zero attached hydrogens (tertiary/aromatic N) is 3. The van der Waals surface area contributed by atoms with Gasteiger partial charge >= 0.3 is 0 Å². The van der Waals surface area contributed by atoms with E-state index < -0.39 is 0 Å². The van der Waals surface area contributed by atoms with E-state index >= 15 is 0 Å². The second-order valence-corrected chi connectivity index (χ2v) is 7.51. The first-order valence-electron chi connectivity index (χ1n) is 8.64. The van der Waals surface area contributed by atoms with Gasteiger partial charge in [-0.15, -0.1) is 23.7 Å². The molecule has 0 bridgehead atoms. The van der Waals surface area contributed by atoms with Crippen LogP contribution in [0.25, 0.3) is 10.2 Å². The average molecular weight is 405 g/mol. The first-order chi connectivity index (χ1) is 12.6. The van der Waals surface area contributed by atoms with Crippen molar-refractivity contribution in [3.8, 4) is 0 Å². The summed E-state index contributed by atoms with van der Waals surface area (Å²) in [7, 11) is 0. The summed E-state index contributed by atoms with van der Waals surface area (Å²) >= 11 is 1.44. The van der Waals surface area contributed by atoms with Gasteiger partial charge in [0.05, 0.1) is 11.7 Å². The molecule has 4 rings (SSSR count). The molecule has 6 nitrogen and oxygen atoms in total. The van der Waals surface area contributed by atoms with Crippen LogP contribution in [0.1, 0.15) is 17.9 Å². The molecule has 2 atom stereocenters. The lowest BCUT2D eigenvalue weighted by molar-refractivity contribution is -0.130. The molecule has 1 aliphatic rings. The lowest BCUT2D eigenvalue weighted by Gasteiger charge is -2.17. The molecule has 3 heterocycles. The van der Waals surface area contributed by atoms with Crippen LogP contribution in [-0.2, 0) is 11.3 Å². The second-order valence-electron chi connectivity index (χ2n) is 6.61. The maximum atomic E-state index is 12.6. The number of hydrogen-bond donors (Lipinski definition) is 1. The van der Waals surface area contributed by atoms with E-state index in [4.69, 9.17) is 5.73 Å². The molecular weight excluding hydrogens is 384 g/mol. The summed E-state index contributed by atoms with van der Waals surface area (Å²) in [4.78, 5) is 31.8. The van der Waals surface area contributed by atoms with Gasteiger partial charge in [-0.3, -0.25) is 14.2 Å². The van der Waals surface area contributed by atoms with Crippen molar-refractivity contribution >= 4 is 39.9 Å². The second kappa shape index (κ2) is 8.21. The SMILES string of the molecule is Cl.N[C@@H]1CN(C(=O)CCn2cnc3sccc3c2=O)C[C@H]1c1ccccc1. The molecule has 0 radical (unpaired) electrons. The van der Waals surface area contributed by atoms with Gasteiger partial charge in [-0.1, -0.05) is 30.3 Å². The molecule has 1 saturated heterocycles. The molecule has 1 aliphatic heterocycles. The Balaban J connectivity index is 0.00000210. The van der Waals surface area contributed by atoms with E-state index in [0.29, 0.717) is 25.0 Å². The van der Waals surface area contributed by atoms with Gasteiger partial charge in [0, 0.05) is 38.0 Å². The maximum absolute atomic E-state index is 12.6. The molecule has 0 unspecified atom stereocenters. The molecule has 2 aromatic heterocycles. The van der Waals surface area contributed by atoms with Crippen molar-refractivity contribution < 1.29 is 4.79 Å². The minimum absolute atomic E-state index is 0. The fourth-order valence-corrected chi connectivity index (χ4v) is 4.24. The summed E-state index contributed by atoms with van der Waals surface area (Å²) in [6.45, 7) is 1.51. The molecule has 1 aromatic carbocycles. The quantitative estimate of drug-likeness (QED) is 0.722. The summed E-state index contributed by atoms with van der Waals surface area (Å²) < 4.78 is 1.51. The fraction of sp³-hybridized carbons (Fsp3) is 0.316. The molecule has 1 fully saturated rings. The molecule has 1 amide bonds. The number of thiophene rings is 1. The monoisotopic (exact) mass is 404 g/mol. The van der Waals surface area contributed by atoms with Gasteiger partial charge < -0.3 is 10.6 Å². The van der Waals surface area contributed by atoms with Crippen LogP contribution in [0, 0.1) is 0 Å². The minimum Gasteiger partial charge on any atom is -0.340 e. The number of carbonyl (C=O) groups is 1. The third kappa shape index (κ3) is 3.90. The van der Waals surface area contributed by atoms with Gasteiger partial charge in [0.1, 0.15) is 4.83 Å². The van der Waals surface area contributed by atoms with Crippen LogP contribution in [-0.4, -0.2) is 39.5 Å². The van der Waals surface area contributed by atoms with E-state index in [1.54, 1.807) is 6.07 Å². The Kier molecular flexibility index (Phi) is 5.94. The molecular formula is C19H21ClN4O2S. The number of carbonyl (C=O) groups excluding carboxylic acids is 1. The van der Waals surface area contributed by atoms with Gasteiger partial charge in [-0.2, -0.15) is 0 Å². The lowest BCUT2D eigenvalue weighted by Crippen LogP contribution is -2.33. The molecule has 3 aromatic rings. The molecule has 142 valence electrons. The summed E-state index contributed by atoms with van der Waals surface area (Å²) in [5.74, 6) is 0.183. The lowest BCUT2D eigenvalue weighted by atomic mass is 9.95. The normalized spacial score (nSPS) is 19.2. The van der Waals surface area contributed by atoms with Crippen molar-refractivity contribution in [3.63, 3.8) is 0 Å². The number of hydrogen-bond acceptors (Lipinski definition) is 5. The van der Waals surface area contributed by atoms with Crippen LogP contribution in [0.15, 0.2) is 52.9 Å². The van der Waals surface area contributed by atoms with E-state index in [-0.39, 0.29) is 42.3 Å². The maximum Gasteiger partial charge on any atom is 0.262 e. The largest absolute Gasteiger partial charge is 0.340 e. The first kappa shape index (κ1) is 19.5. The Labute approximate surface area is 167 Å². The van der Waals surface area contributed by atoms with Gasteiger partial charge in [0.15, 0.2) is 0 Å². The van der Waals surface area contributed by atoms with Crippen molar-refractivity contribution in [3.05, 3.63) is 64.0 Å². The van der Waals surface area contributed by atoms with Gasteiger partial charge in [-0.25, -0.2) is 4.98 Å². The Bertz CT molecular complexity index is 988. The number of aromatic nitrogens is 2. The molecule has 27 heavy (non-hydrogen) atoms. The van der Waals surface area contributed by atoms with Crippen molar-refractivity contribution in [2.75, 3.05) is 13.1 Å². The molecule has 0 aliphatic carbocycles. The molecule has 2 N–H and O–H groups in total. The van der Waals surface area contributed by atoms with Gasteiger partial charge in [-0.05, 0) is 17.0 Å². The zero-order valence-electron chi connectivity index (χ0n) is 14.7. The highest BCUT2D eigenvalue weighted by atomic mass is 35.5. The first-order valence-corrected chi connectivity index (χ1v) is 9.52. The van der Waals surface area contributed by atoms with E-state index in [0.717, 1.165) is 4.83 Å². The number of likely N-dealkylation sites (tertiary alicyclic amines) is 1. The van der Waals surface area contributed by atoms with E-state index in [1.807, 2.05) is 28.5 Å². The van der Waals surface area contributed by atoms with E-state index in [9.17, 15) is 9.59 Å². The highest BCUT2D eigenvalue weighted by Gasteiger charge is 2.33. The standard InChI is InChI=1S/C19H20N4O2S.ClH/c20-16-11-23(10-15(16)13-4-2-1-3-5-13)17(24)6-8-22-12-21-18-14(19(22)25)7-9-26-18;/h1-5,7,9,12,15-16H,6,8,10-11,20H2;1H/t15-,16+;/m0./s1. The molecule has 8 heteroatoms. The highest BCUT2D eigenvalue weighted by Crippen LogP contribution is 2.26. The minimum atomic E-state index is -0.0932. The van der Waals surface area contributed by atoms with E-state index in [1.165, 1.54) is 27.8 Å². The van der Waals surface area contributed by atoms with Crippen molar-refractivity contribution in [1.82, 2.24) is 14.5 Å². The van der Waals surface area contributed by atoms with Crippen LogP contribution >= 0.6 is 23.7 Å². The van der Waals surface area contributed by atoms with Crippen molar-refractivity contribution in [2.24, 2.45) is 5.73 Å². The third-order valence-electron chi connectivity index (χ3n) is 4.96. The van der Waals surface area contributed by atoms with E-state index in [2.05, 4.69) is 17.1 Å². The zero-order valence-corrected chi connectivity index (χ0v) is 16.3. The number of rotatable bonds is 4. The summed E-state index contributed by atoms with van der Waals surface area (Å²) in [6.07, 6.45) is 1.79. The predicted octanol–water partition coefficient (Wildman–Crippen LogP) is 2.22. The number of nitrogens with two attached hydrogens (primary N) is 1. The third-order valence-corrected chi connectivity index (χ3v) is 5.78. The topological polar surface area (TPSA) is 81.2 Å². The zero-order chi connectivity index (χ0) is 18.1. The number of halogens is 1. The number of amides is 1. The van der Waals surface area contributed by atoms with Crippen LogP contribution in [0.4, 0.5) is 0 Å². The van der Waals surface area contributed by atoms with Crippen LogP contribution in [0.2, 0.25) is 0 Å². The molecule has 0 spiro atoms. The Hall–Kier alpha value is -2.22. The summed E-state index contributed by atoms with van der Waals surface area (Å²) in [5.41, 5.74) is 7.34. The van der Waals surface area contributed by atoms with Gasteiger partial charge in [0.25, 0.3) is 5.56 Å².